The lowest BCUT2D eigenvalue weighted by atomic mass is 9.94. The Morgan fingerprint density at radius 2 is 2.11 bits per heavy atom. The van der Waals surface area contributed by atoms with Gasteiger partial charge in [-0.2, -0.15) is 0 Å². The molecule has 0 spiro atoms. The van der Waals surface area contributed by atoms with E-state index < -0.39 is 0 Å². The van der Waals surface area contributed by atoms with E-state index in [1.165, 1.54) is 0 Å². The smallest absolute Gasteiger partial charge is 0.253 e. The molecule has 2 N–H and O–H groups in total. The molecular weight excluding hydrogens is 271 g/mol. The van der Waals surface area contributed by atoms with Crippen molar-refractivity contribution in [2.24, 2.45) is 11.7 Å². The Hall–Kier alpha value is -0.770. The predicted octanol–water partition coefficient (Wildman–Crippen LogP) is 2.80. The Kier molecular flexibility index (Phi) is 4.15. The molecule has 5 heteroatoms. The van der Waals surface area contributed by atoms with Crippen molar-refractivity contribution < 1.29 is 4.79 Å². The van der Waals surface area contributed by atoms with Crippen molar-refractivity contribution in [1.29, 1.82) is 0 Å². The molecule has 98 valence electrons. The number of amides is 1. The maximum absolute atomic E-state index is 12.3. The molecule has 1 aromatic carbocycles. The van der Waals surface area contributed by atoms with Crippen LogP contribution in [0.5, 0.6) is 0 Å². The van der Waals surface area contributed by atoms with Crippen LogP contribution < -0.4 is 5.73 Å². The van der Waals surface area contributed by atoms with E-state index in [0.717, 1.165) is 13.0 Å². The van der Waals surface area contributed by atoms with Crippen LogP contribution in [0.2, 0.25) is 10.0 Å². The summed E-state index contributed by atoms with van der Waals surface area (Å²) in [4.78, 5) is 14.1. The lowest BCUT2D eigenvalue weighted by Crippen LogP contribution is -2.49. The van der Waals surface area contributed by atoms with Crippen molar-refractivity contribution in [3.63, 3.8) is 0 Å². The number of nitrogens with two attached hydrogens (primary N) is 1. The number of benzene rings is 1. The van der Waals surface area contributed by atoms with Crippen LogP contribution in [-0.2, 0) is 0 Å². The van der Waals surface area contributed by atoms with Crippen molar-refractivity contribution in [2.45, 2.75) is 19.4 Å². The molecule has 2 atom stereocenters. The van der Waals surface area contributed by atoms with Gasteiger partial charge in [-0.05, 0) is 30.5 Å². The minimum atomic E-state index is -0.0316. The van der Waals surface area contributed by atoms with Crippen molar-refractivity contribution in [2.75, 3.05) is 13.1 Å². The van der Waals surface area contributed by atoms with Crippen molar-refractivity contribution in [3.05, 3.63) is 33.8 Å². The molecule has 1 aliphatic heterocycles. The highest BCUT2D eigenvalue weighted by atomic mass is 35.5. The fourth-order valence-corrected chi connectivity index (χ4v) is 2.39. The Bertz CT molecular complexity index is 464. The van der Waals surface area contributed by atoms with Crippen LogP contribution in [0.25, 0.3) is 0 Å². The molecule has 1 aromatic rings. The second-order valence-corrected chi connectivity index (χ2v) is 5.62. The number of halogens is 2. The van der Waals surface area contributed by atoms with Crippen LogP contribution in [0.3, 0.4) is 0 Å². The lowest BCUT2D eigenvalue weighted by Gasteiger charge is -2.35. The normalized spacial score (nSPS) is 24.1. The average Bonchev–Trinajstić information content (AvgIpc) is 2.35. The maximum Gasteiger partial charge on any atom is 0.253 e. The van der Waals surface area contributed by atoms with Crippen LogP contribution in [-0.4, -0.2) is 29.9 Å². The Morgan fingerprint density at radius 3 is 2.72 bits per heavy atom. The van der Waals surface area contributed by atoms with Crippen LogP contribution in [0.15, 0.2) is 18.2 Å². The molecule has 0 aliphatic carbocycles. The summed E-state index contributed by atoms with van der Waals surface area (Å²) in [5.74, 6) is 0.429. The van der Waals surface area contributed by atoms with E-state index in [9.17, 15) is 4.79 Å². The number of likely N-dealkylation sites (tertiary alicyclic amines) is 1. The topological polar surface area (TPSA) is 46.3 Å². The molecule has 1 heterocycles. The standard InChI is InChI=1S/C13H16Cl2N2O/c1-8-4-5-17(7-12(8)16)13(18)9-2-3-10(14)11(15)6-9/h2-3,6,8,12H,4-5,7,16H2,1H3. The minimum absolute atomic E-state index is 0.0316. The predicted molar refractivity (Wildman–Crippen MR) is 74.1 cm³/mol. The Labute approximate surface area is 117 Å². The number of rotatable bonds is 1. The number of piperidine rings is 1. The molecule has 2 unspecified atom stereocenters. The Balaban J connectivity index is 2.14. The van der Waals surface area contributed by atoms with Crippen LogP contribution in [0.4, 0.5) is 0 Å². The summed E-state index contributed by atoms with van der Waals surface area (Å²) >= 11 is 11.8. The van der Waals surface area contributed by atoms with E-state index in [0.29, 0.717) is 28.1 Å². The quantitative estimate of drug-likeness (QED) is 0.863. The number of hydrogen-bond donors (Lipinski definition) is 1. The summed E-state index contributed by atoms with van der Waals surface area (Å²) in [6.07, 6.45) is 0.939. The maximum atomic E-state index is 12.3. The van der Waals surface area contributed by atoms with Gasteiger partial charge in [0, 0.05) is 24.7 Å². The molecule has 0 bridgehead atoms. The van der Waals surface area contributed by atoms with Gasteiger partial charge in [-0.1, -0.05) is 30.1 Å². The van der Waals surface area contributed by atoms with Crippen molar-refractivity contribution >= 4 is 29.1 Å². The van der Waals surface area contributed by atoms with Gasteiger partial charge in [-0.15, -0.1) is 0 Å². The average molecular weight is 287 g/mol. The number of carbonyl (C=O) groups is 1. The fraction of sp³-hybridized carbons (Fsp3) is 0.462. The summed E-state index contributed by atoms with van der Waals surface area (Å²) in [6.45, 7) is 3.46. The SMILES string of the molecule is CC1CCN(C(=O)c2ccc(Cl)c(Cl)c2)CC1N. The van der Waals surface area contributed by atoms with Gasteiger partial charge in [0.2, 0.25) is 0 Å². The van der Waals surface area contributed by atoms with Gasteiger partial charge in [-0.3, -0.25) is 4.79 Å². The summed E-state index contributed by atoms with van der Waals surface area (Å²) < 4.78 is 0. The van der Waals surface area contributed by atoms with E-state index in [-0.39, 0.29) is 11.9 Å². The Morgan fingerprint density at radius 1 is 1.39 bits per heavy atom. The second kappa shape index (κ2) is 5.47. The third kappa shape index (κ3) is 2.79. The summed E-state index contributed by atoms with van der Waals surface area (Å²) in [6, 6.07) is 4.99. The van der Waals surface area contributed by atoms with E-state index in [4.69, 9.17) is 28.9 Å². The first-order valence-electron chi connectivity index (χ1n) is 5.99. The zero-order chi connectivity index (χ0) is 13.3. The van der Waals surface area contributed by atoms with Crippen LogP contribution in [0.1, 0.15) is 23.7 Å². The van der Waals surface area contributed by atoms with Gasteiger partial charge in [0.05, 0.1) is 10.0 Å². The molecule has 18 heavy (non-hydrogen) atoms. The first-order chi connectivity index (χ1) is 8.49. The van der Waals surface area contributed by atoms with Gasteiger partial charge in [-0.25, -0.2) is 0 Å². The van der Waals surface area contributed by atoms with Gasteiger partial charge in [0.25, 0.3) is 5.91 Å². The second-order valence-electron chi connectivity index (χ2n) is 4.81. The van der Waals surface area contributed by atoms with E-state index in [1.807, 2.05) is 0 Å². The molecule has 0 aromatic heterocycles. The third-order valence-corrected chi connectivity index (χ3v) is 4.21. The van der Waals surface area contributed by atoms with Gasteiger partial charge in [0.1, 0.15) is 0 Å². The highest BCUT2D eigenvalue weighted by molar-refractivity contribution is 6.42. The van der Waals surface area contributed by atoms with Gasteiger partial charge < -0.3 is 10.6 Å². The van der Waals surface area contributed by atoms with Crippen LogP contribution in [0, 0.1) is 5.92 Å². The molecule has 0 saturated carbocycles. The summed E-state index contributed by atoms with van der Waals surface area (Å²) in [5, 5.41) is 0.856. The van der Waals surface area contributed by atoms with Gasteiger partial charge in [0.15, 0.2) is 0 Å². The first-order valence-corrected chi connectivity index (χ1v) is 6.74. The molecule has 1 aliphatic rings. The summed E-state index contributed by atoms with van der Waals surface area (Å²) in [5.41, 5.74) is 6.56. The van der Waals surface area contributed by atoms with Crippen LogP contribution >= 0.6 is 23.2 Å². The molecule has 0 radical (unpaired) electrons. The zero-order valence-corrected chi connectivity index (χ0v) is 11.7. The molecule has 3 nitrogen and oxygen atoms in total. The molecule has 1 saturated heterocycles. The van der Waals surface area contributed by atoms with Gasteiger partial charge >= 0.3 is 0 Å². The van der Waals surface area contributed by atoms with Crippen molar-refractivity contribution in [1.82, 2.24) is 4.90 Å². The third-order valence-electron chi connectivity index (χ3n) is 3.47. The first kappa shape index (κ1) is 13.7. The highest BCUT2D eigenvalue weighted by Crippen LogP contribution is 2.24. The highest BCUT2D eigenvalue weighted by Gasteiger charge is 2.27. The minimum Gasteiger partial charge on any atom is -0.337 e. The molecule has 1 fully saturated rings. The fourth-order valence-electron chi connectivity index (χ4n) is 2.10. The number of nitrogens with zero attached hydrogens (tertiary/aromatic N) is 1. The molecule has 1 amide bonds. The van der Waals surface area contributed by atoms with E-state index in [2.05, 4.69) is 6.92 Å². The zero-order valence-electron chi connectivity index (χ0n) is 10.2. The monoisotopic (exact) mass is 286 g/mol. The largest absolute Gasteiger partial charge is 0.337 e. The van der Waals surface area contributed by atoms with Crippen molar-refractivity contribution in [3.8, 4) is 0 Å². The molecule has 2 rings (SSSR count). The van der Waals surface area contributed by atoms with E-state index in [1.54, 1.807) is 23.1 Å². The number of hydrogen-bond acceptors (Lipinski definition) is 2. The summed E-state index contributed by atoms with van der Waals surface area (Å²) in [7, 11) is 0. The number of carbonyl (C=O) groups excluding carboxylic acids is 1. The lowest BCUT2D eigenvalue weighted by molar-refractivity contribution is 0.0672. The molecular formula is C13H16Cl2N2O. The van der Waals surface area contributed by atoms with E-state index >= 15 is 0 Å².